The number of rotatable bonds is 4. The molecule has 0 saturated heterocycles. The second-order valence-corrected chi connectivity index (χ2v) is 6.33. The van der Waals surface area contributed by atoms with Crippen LogP contribution in [-0.4, -0.2) is 25.0 Å². The summed E-state index contributed by atoms with van der Waals surface area (Å²) in [6, 6.07) is 15.5. The molecule has 7 heteroatoms. The fraction of sp³-hybridized carbons (Fsp3) is 0.0455. The Kier molecular flexibility index (Phi) is 4.82. The molecule has 0 spiro atoms. The van der Waals surface area contributed by atoms with E-state index in [0.717, 1.165) is 22.5 Å². The monoisotopic (exact) mass is 380 g/mol. The second-order valence-electron chi connectivity index (χ2n) is 6.33. The van der Waals surface area contributed by atoms with Crippen molar-refractivity contribution >= 4 is 12.2 Å². The molecule has 0 radical (unpaired) electrons. The maximum Gasteiger partial charge on any atom is 0.282 e. The van der Waals surface area contributed by atoms with Crippen molar-refractivity contribution in [3.63, 3.8) is 0 Å². The zero-order valence-corrected chi connectivity index (χ0v) is 15.6. The van der Waals surface area contributed by atoms with E-state index in [1.807, 2.05) is 65.5 Å². The average molecular weight is 380 g/mol. The lowest BCUT2D eigenvalue weighted by molar-refractivity contribution is 0.884. The Balaban J connectivity index is 1.81. The molecule has 0 saturated carbocycles. The highest BCUT2D eigenvalue weighted by Gasteiger charge is 2.12. The maximum absolute atomic E-state index is 11.7. The first-order chi connectivity index (χ1) is 14.2. The van der Waals surface area contributed by atoms with Crippen LogP contribution in [0.2, 0.25) is 0 Å². The van der Waals surface area contributed by atoms with Gasteiger partial charge in [-0.05, 0) is 48.9 Å². The lowest BCUT2D eigenvalue weighted by atomic mass is 10.1. The topological polar surface area (TPSA) is 100 Å². The first-order valence-electron chi connectivity index (χ1n) is 8.90. The zero-order chi connectivity index (χ0) is 20.2. The lowest BCUT2D eigenvalue weighted by Gasteiger charge is -2.01. The number of benzene rings is 1. The summed E-state index contributed by atoms with van der Waals surface area (Å²) in [6.07, 6.45) is 9.00. The number of hydrogen-bond acceptors (Lipinski definition) is 5. The van der Waals surface area contributed by atoms with Gasteiger partial charge >= 0.3 is 0 Å². The van der Waals surface area contributed by atoms with Gasteiger partial charge in [-0.3, -0.25) is 9.78 Å². The van der Waals surface area contributed by atoms with E-state index in [0.29, 0.717) is 11.3 Å². The van der Waals surface area contributed by atoms with Crippen molar-refractivity contribution in [1.82, 2.24) is 25.0 Å². The SMILES string of the molecule is Cc1c(/C=C/c2cn(-c3ccccc3)nc2-c2ccncc2)n[nH]c(=O)c1C#N. The number of para-hydroxylation sites is 1. The molecular formula is C22H16N6O. The Hall–Kier alpha value is -4.31. The van der Waals surface area contributed by atoms with Crippen molar-refractivity contribution in [3.8, 4) is 23.0 Å². The minimum Gasteiger partial charge on any atom is -0.267 e. The first kappa shape index (κ1) is 18.1. The molecule has 0 aliphatic carbocycles. The molecule has 0 unspecified atom stereocenters. The molecule has 29 heavy (non-hydrogen) atoms. The number of hydrogen-bond donors (Lipinski definition) is 1. The van der Waals surface area contributed by atoms with E-state index in [2.05, 4.69) is 15.2 Å². The number of nitriles is 1. The van der Waals surface area contributed by atoms with Crippen LogP contribution < -0.4 is 5.56 Å². The molecule has 0 bridgehead atoms. The normalized spacial score (nSPS) is 10.9. The molecule has 140 valence electrons. The van der Waals surface area contributed by atoms with Crippen LogP contribution in [-0.2, 0) is 0 Å². The Morgan fingerprint density at radius 3 is 2.59 bits per heavy atom. The molecule has 7 nitrogen and oxygen atoms in total. The van der Waals surface area contributed by atoms with Crippen molar-refractivity contribution in [3.05, 3.63) is 93.8 Å². The van der Waals surface area contributed by atoms with E-state index in [4.69, 9.17) is 5.10 Å². The standard InChI is InChI=1S/C22H16N6O/c1-15-19(13-23)22(29)26-25-20(15)8-7-17-14-28(18-5-3-2-4-6-18)27-21(17)16-9-11-24-12-10-16/h2-12,14H,1H3,(H,26,29)/b8-7+. The van der Waals surface area contributed by atoms with Crippen LogP contribution in [0.15, 0.2) is 65.8 Å². The van der Waals surface area contributed by atoms with Crippen LogP contribution in [0.1, 0.15) is 22.4 Å². The summed E-state index contributed by atoms with van der Waals surface area (Å²) in [5, 5.41) is 20.4. The highest BCUT2D eigenvalue weighted by atomic mass is 16.1. The minimum absolute atomic E-state index is 0.0639. The summed E-state index contributed by atoms with van der Waals surface area (Å²) in [4.78, 5) is 15.8. The van der Waals surface area contributed by atoms with E-state index in [9.17, 15) is 10.1 Å². The molecule has 4 rings (SSSR count). The van der Waals surface area contributed by atoms with E-state index < -0.39 is 5.56 Å². The van der Waals surface area contributed by atoms with Gasteiger partial charge in [-0.25, -0.2) is 9.78 Å². The van der Waals surface area contributed by atoms with E-state index in [-0.39, 0.29) is 5.56 Å². The van der Waals surface area contributed by atoms with E-state index in [1.54, 1.807) is 25.4 Å². The van der Waals surface area contributed by atoms with E-state index >= 15 is 0 Å². The molecule has 0 fully saturated rings. The average Bonchev–Trinajstić information content (AvgIpc) is 3.19. The molecule has 3 aromatic heterocycles. The van der Waals surface area contributed by atoms with Crippen LogP contribution >= 0.6 is 0 Å². The van der Waals surface area contributed by atoms with Gasteiger partial charge in [0.2, 0.25) is 0 Å². The third-order valence-electron chi connectivity index (χ3n) is 4.51. The van der Waals surface area contributed by atoms with Gasteiger partial charge in [0.05, 0.1) is 11.4 Å². The van der Waals surface area contributed by atoms with Crippen LogP contribution in [0.3, 0.4) is 0 Å². The molecule has 4 aromatic rings. The first-order valence-corrected chi connectivity index (χ1v) is 8.90. The quantitative estimate of drug-likeness (QED) is 0.585. The van der Waals surface area contributed by atoms with Gasteiger partial charge in [0.25, 0.3) is 5.56 Å². The Labute approximate surface area is 166 Å². The van der Waals surface area contributed by atoms with Gasteiger partial charge in [0.1, 0.15) is 17.3 Å². The van der Waals surface area contributed by atoms with Crippen molar-refractivity contribution < 1.29 is 0 Å². The van der Waals surface area contributed by atoms with Gasteiger partial charge in [0, 0.05) is 29.7 Å². The summed E-state index contributed by atoms with van der Waals surface area (Å²) < 4.78 is 1.81. The Morgan fingerprint density at radius 2 is 1.86 bits per heavy atom. The molecule has 1 aromatic carbocycles. The largest absolute Gasteiger partial charge is 0.282 e. The lowest BCUT2D eigenvalue weighted by Crippen LogP contribution is -2.15. The highest BCUT2D eigenvalue weighted by Crippen LogP contribution is 2.25. The molecule has 0 atom stereocenters. The third kappa shape index (κ3) is 3.59. The van der Waals surface area contributed by atoms with Gasteiger partial charge < -0.3 is 0 Å². The van der Waals surface area contributed by atoms with Crippen molar-refractivity contribution in [2.45, 2.75) is 6.92 Å². The Bertz CT molecular complexity index is 1280. The summed E-state index contributed by atoms with van der Waals surface area (Å²) in [5.41, 5.74) is 4.15. The van der Waals surface area contributed by atoms with Crippen LogP contribution in [0, 0.1) is 18.3 Å². The summed E-state index contributed by atoms with van der Waals surface area (Å²) in [5.74, 6) is 0. The molecular weight excluding hydrogens is 364 g/mol. The fourth-order valence-electron chi connectivity index (χ4n) is 2.97. The number of nitrogens with zero attached hydrogens (tertiary/aromatic N) is 5. The second kappa shape index (κ2) is 7.74. The van der Waals surface area contributed by atoms with Gasteiger partial charge in [-0.1, -0.05) is 18.2 Å². The van der Waals surface area contributed by atoms with Crippen molar-refractivity contribution in [2.24, 2.45) is 0 Å². The number of aromatic nitrogens is 5. The summed E-state index contributed by atoms with van der Waals surface area (Å²) in [6.45, 7) is 1.71. The zero-order valence-electron chi connectivity index (χ0n) is 15.6. The van der Waals surface area contributed by atoms with Crippen LogP contribution in [0.25, 0.3) is 29.1 Å². The van der Waals surface area contributed by atoms with Gasteiger partial charge in [0.15, 0.2) is 0 Å². The number of pyridine rings is 1. The summed E-state index contributed by atoms with van der Waals surface area (Å²) >= 11 is 0. The van der Waals surface area contributed by atoms with Crippen molar-refractivity contribution in [2.75, 3.05) is 0 Å². The van der Waals surface area contributed by atoms with Crippen molar-refractivity contribution in [1.29, 1.82) is 5.26 Å². The highest BCUT2D eigenvalue weighted by molar-refractivity contribution is 5.78. The number of H-pyrrole nitrogens is 1. The number of nitrogens with one attached hydrogen (secondary N) is 1. The molecule has 0 amide bonds. The maximum atomic E-state index is 11.7. The molecule has 0 aliphatic heterocycles. The van der Waals surface area contributed by atoms with E-state index in [1.165, 1.54) is 0 Å². The minimum atomic E-state index is -0.489. The predicted molar refractivity (Wildman–Crippen MR) is 110 cm³/mol. The molecule has 3 heterocycles. The number of aromatic amines is 1. The predicted octanol–water partition coefficient (Wildman–Crippen LogP) is 3.37. The molecule has 1 N–H and O–H groups in total. The van der Waals surface area contributed by atoms with Gasteiger partial charge in [-0.2, -0.15) is 15.5 Å². The molecule has 0 aliphatic rings. The van der Waals surface area contributed by atoms with Crippen LogP contribution in [0.5, 0.6) is 0 Å². The van der Waals surface area contributed by atoms with Gasteiger partial charge in [-0.15, -0.1) is 0 Å². The Morgan fingerprint density at radius 1 is 1.10 bits per heavy atom. The fourth-order valence-corrected chi connectivity index (χ4v) is 2.97. The van der Waals surface area contributed by atoms with Crippen LogP contribution in [0.4, 0.5) is 0 Å². The summed E-state index contributed by atoms with van der Waals surface area (Å²) in [7, 11) is 0. The third-order valence-corrected chi connectivity index (χ3v) is 4.51. The smallest absolute Gasteiger partial charge is 0.267 e.